The minimum absolute atomic E-state index is 0.137. The van der Waals surface area contributed by atoms with Crippen LogP contribution in [0.4, 0.5) is 5.69 Å². The van der Waals surface area contributed by atoms with Crippen LogP contribution in [0.1, 0.15) is 60.7 Å². The molecule has 0 aliphatic heterocycles. The van der Waals surface area contributed by atoms with Gasteiger partial charge in [-0.15, -0.1) is 0 Å². The number of hydrogen-bond acceptors (Lipinski definition) is 5. The maximum atomic E-state index is 13.1. The first-order valence-corrected chi connectivity index (χ1v) is 12.2. The lowest BCUT2D eigenvalue weighted by molar-refractivity contribution is -0.909. The Kier molecular flexibility index (Phi) is 5.10. The largest absolute Gasteiger partial charge is 0.390 e. The minimum Gasteiger partial charge on any atom is -0.390 e. The Morgan fingerprint density at radius 2 is 1.97 bits per heavy atom. The summed E-state index contributed by atoms with van der Waals surface area (Å²) in [7, 11) is 0. The number of carbonyl (C=O) groups excluding carboxylic acids is 1. The molecule has 4 aromatic rings. The van der Waals surface area contributed by atoms with Gasteiger partial charge in [-0.25, -0.2) is 4.68 Å². The van der Waals surface area contributed by atoms with Crippen LogP contribution in [-0.2, 0) is 0 Å². The van der Waals surface area contributed by atoms with Gasteiger partial charge >= 0.3 is 11.6 Å². The third-order valence-electron chi connectivity index (χ3n) is 7.56. The number of nitrogens with one attached hydrogen (secondary N) is 1. The van der Waals surface area contributed by atoms with Gasteiger partial charge in [-0.3, -0.25) is 14.7 Å². The molecular weight excluding hydrogens is 444 g/mol. The van der Waals surface area contributed by atoms with E-state index >= 15 is 0 Å². The summed E-state index contributed by atoms with van der Waals surface area (Å²) in [6.45, 7) is 1.73. The molecule has 0 radical (unpaired) electrons. The second kappa shape index (κ2) is 8.20. The zero-order valence-corrected chi connectivity index (χ0v) is 19.6. The minimum atomic E-state index is -0.493. The highest BCUT2D eigenvalue weighted by Gasteiger charge is 2.45. The molecule has 0 atom stereocenters. The van der Waals surface area contributed by atoms with Crippen molar-refractivity contribution in [2.24, 2.45) is 5.92 Å². The first-order valence-electron chi connectivity index (χ1n) is 12.2. The number of rotatable bonds is 5. The van der Waals surface area contributed by atoms with Gasteiger partial charge < -0.3 is 10.4 Å². The van der Waals surface area contributed by atoms with E-state index in [4.69, 9.17) is 5.10 Å². The predicted octanol–water partition coefficient (Wildman–Crippen LogP) is 3.56. The number of fused-ring (bicyclic) bond motifs is 1. The van der Waals surface area contributed by atoms with Crippen LogP contribution in [-0.4, -0.2) is 41.4 Å². The summed E-state index contributed by atoms with van der Waals surface area (Å²) in [6.07, 6.45) is 11.2. The fraction of sp³-hybridized carbons (Fsp3) is 0.385. The van der Waals surface area contributed by atoms with E-state index in [1.54, 1.807) is 36.0 Å². The Balaban J connectivity index is 1.33. The van der Waals surface area contributed by atoms with Crippen molar-refractivity contribution < 1.29 is 19.8 Å². The van der Waals surface area contributed by atoms with Gasteiger partial charge in [0.25, 0.3) is 0 Å². The molecule has 2 fully saturated rings. The zero-order chi connectivity index (χ0) is 24.2. The van der Waals surface area contributed by atoms with Crippen molar-refractivity contribution in [2.45, 2.75) is 57.1 Å². The van der Waals surface area contributed by atoms with Gasteiger partial charge in [-0.2, -0.15) is 10.2 Å². The monoisotopic (exact) mass is 473 g/mol. The quantitative estimate of drug-likeness (QED) is 0.303. The van der Waals surface area contributed by atoms with Crippen molar-refractivity contribution in [3.63, 3.8) is 0 Å². The molecule has 0 unspecified atom stereocenters. The molecule has 1 aromatic carbocycles. The molecule has 3 heterocycles. The molecule has 6 rings (SSSR count). The Bertz CT molecular complexity index is 1400. The van der Waals surface area contributed by atoms with Gasteiger partial charge in [0.1, 0.15) is 0 Å². The van der Waals surface area contributed by atoms with Crippen molar-refractivity contribution in [3.05, 3.63) is 66.4 Å². The fourth-order valence-corrected chi connectivity index (χ4v) is 5.33. The van der Waals surface area contributed by atoms with E-state index in [9.17, 15) is 15.1 Å². The molecule has 0 spiro atoms. The van der Waals surface area contributed by atoms with Crippen LogP contribution < -0.4 is 10.0 Å². The third-order valence-corrected chi connectivity index (χ3v) is 7.56. The number of anilines is 1. The summed E-state index contributed by atoms with van der Waals surface area (Å²) in [5, 5.41) is 34.3. The van der Waals surface area contributed by atoms with E-state index < -0.39 is 11.5 Å². The lowest BCUT2D eigenvalue weighted by Crippen LogP contribution is -2.42. The highest BCUT2D eigenvalue weighted by molar-refractivity contribution is 6.04. The number of pyridine rings is 1. The summed E-state index contributed by atoms with van der Waals surface area (Å²) in [5.41, 5.74) is 2.27. The van der Waals surface area contributed by atoms with Crippen LogP contribution in [0.3, 0.4) is 0 Å². The lowest BCUT2D eigenvalue weighted by Gasteiger charge is -2.36. The molecule has 2 aliphatic rings. The normalized spacial score (nSPS) is 22.4. The summed E-state index contributed by atoms with van der Waals surface area (Å²) in [4.78, 5) is 13.1. The van der Waals surface area contributed by atoms with Gasteiger partial charge in [-0.1, -0.05) is 0 Å². The molecule has 2 aliphatic carbocycles. The van der Waals surface area contributed by atoms with Crippen LogP contribution >= 0.6 is 0 Å². The standard InChI is InChI=1S/C26H28N6O3/c1-17-4-2-5-23(32(17)35)25(33)28-22-14-18-16-31(20-8-10-26(34,11-9-20)19-6-7-19)29-21(18)15-24(22)30-13-3-12-27-30/h2-5,12-16,19-20,34H,6-11H2,1H3,(H-,28,33,35)/p+1/t20-,26-. The van der Waals surface area contributed by atoms with Gasteiger partial charge in [0.05, 0.1) is 28.5 Å². The third kappa shape index (κ3) is 3.95. The van der Waals surface area contributed by atoms with E-state index in [0.29, 0.717) is 23.0 Å². The average Bonchev–Trinajstić information content (AvgIpc) is 3.42. The van der Waals surface area contributed by atoms with Gasteiger partial charge in [-0.05, 0) is 68.7 Å². The molecular formula is C26H29N6O3+. The summed E-state index contributed by atoms with van der Waals surface area (Å²) >= 11 is 0. The number of aryl methyl sites for hydroxylation is 1. The average molecular weight is 474 g/mol. The Morgan fingerprint density at radius 3 is 2.69 bits per heavy atom. The Morgan fingerprint density at radius 1 is 1.17 bits per heavy atom. The highest BCUT2D eigenvalue weighted by atomic mass is 16.5. The number of aliphatic hydroxyl groups is 1. The second-order valence-electron chi connectivity index (χ2n) is 9.92. The maximum absolute atomic E-state index is 13.1. The maximum Gasteiger partial charge on any atom is 0.325 e. The first kappa shape index (κ1) is 21.8. The number of benzene rings is 1. The Labute approximate surface area is 202 Å². The molecule has 9 heteroatoms. The summed E-state index contributed by atoms with van der Waals surface area (Å²) < 4.78 is 4.58. The lowest BCUT2D eigenvalue weighted by atomic mass is 9.79. The van der Waals surface area contributed by atoms with E-state index in [1.807, 2.05) is 35.3 Å². The number of carbonyl (C=O) groups is 1. The van der Waals surface area contributed by atoms with Gasteiger partial charge in [0, 0.05) is 47.8 Å². The van der Waals surface area contributed by atoms with E-state index in [1.165, 1.54) is 0 Å². The number of nitrogens with zero attached hydrogens (tertiary/aromatic N) is 5. The van der Waals surface area contributed by atoms with Crippen LogP contribution in [0.5, 0.6) is 0 Å². The van der Waals surface area contributed by atoms with Gasteiger partial charge in [0.15, 0.2) is 0 Å². The fourth-order valence-electron chi connectivity index (χ4n) is 5.33. The number of aromatic nitrogens is 5. The topological polar surface area (TPSA) is 109 Å². The Hall–Kier alpha value is -3.72. The molecule has 1 amide bonds. The number of hydrogen-bond donors (Lipinski definition) is 3. The van der Waals surface area contributed by atoms with Crippen LogP contribution in [0.2, 0.25) is 0 Å². The molecule has 35 heavy (non-hydrogen) atoms. The van der Waals surface area contributed by atoms with E-state index in [2.05, 4.69) is 10.4 Å². The molecule has 0 saturated heterocycles. The predicted molar refractivity (Wildman–Crippen MR) is 129 cm³/mol. The van der Waals surface area contributed by atoms with Crippen molar-refractivity contribution in [1.82, 2.24) is 19.6 Å². The molecule has 0 bridgehead atoms. The molecule has 9 nitrogen and oxygen atoms in total. The summed E-state index contributed by atoms with van der Waals surface area (Å²) in [5.74, 6) is 0.0527. The molecule has 3 N–H and O–H groups in total. The van der Waals surface area contributed by atoms with E-state index in [0.717, 1.165) is 54.2 Å². The van der Waals surface area contributed by atoms with Crippen molar-refractivity contribution >= 4 is 22.5 Å². The second-order valence-corrected chi connectivity index (χ2v) is 9.92. The first-order chi connectivity index (χ1) is 16.9. The summed E-state index contributed by atoms with van der Waals surface area (Å²) in [6, 6.07) is 10.9. The molecule has 3 aromatic heterocycles. The van der Waals surface area contributed by atoms with Gasteiger partial charge in [0.2, 0.25) is 5.69 Å². The smallest absolute Gasteiger partial charge is 0.325 e. The van der Waals surface area contributed by atoms with Crippen molar-refractivity contribution in [1.29, 1.82) is 0 Å². The molecule has 2 saturated carbocycles. The highest BCUT2D eigenvalue weighted by Crippen LogP contribution is 2.49. The van der Waals surface area contributed by atoms with Crippen LogP contribution in [0.15, 0.2) is 55.0 Å². The van der Waals surface area contributed by atoms with Crippen molar-refractivity contribution in [3.8, 4) is 5.69 Å². The van der Waals surface area contributed by atoms with Crippen LogP contribution in [0.25, 0.3) is 16.6 Å². The number of amides is 1. The van der Waals surface area contributed by atoms with E-state index in [-0.39, 0.29) is 11.7 Å². The van der Waals surface area contributed by atoms with Crippen molar-refractivity contribution in [2.75, 3.05) is 5.32 Å². The molecule has 180 valence electrons. The SMILES string of the molecule is Cc1cccc(C(=O)Nc2cc3cn([C@H]4CC[C@@](O)(C5CC5)CC4)nc3cc2-n2cccn2)[n+]1O. The zero-order valence-electron chi connectivity index (χ0n) is 19.6. The van der Waals surface area contributed by atoms with Crippen LogP contribution in [0, 0.1) is 12.8 Å².